The molecule has 0 aliphatic heterocycles. The Kier molecular flexibility index (Phi) is 5.53. The van der Waals surface area contributed by atoms with Gasteiger partial charge in [0.2, 0.25) is 0 Å². The highest BCUT2D eigenvalue weighted by Crippen LogP contribution is 2.22. The number of unbranched alkanes of at least 4 members (excludes halogenated alkanes) is 2. The van der Waals surface area contributed by atoms with E-state index in [1.54, 1.807) is 18.2 Å². The molecule has 1 aromatic rings. The maximum atomic E-state index is 11.8. The lowest BCUT2D eigenvalue weighted by Gasteiger charge is -2.11. The van der Waals surface area contributed by atoms with Crippen LogP contribution in [0.1, 0.15) is 39.5 Å². The Hall–Kier alpha value is -1.51. The van der Waals surface area contributed by atoms with Crippen molar-refractivity contribution in [2.45, 2.75) is 39.5 Å². The number of para-hydroxylation sites is 2. The molecule has 2 N–H and O–H groups in total. The summed E-state index contributed by atoms with van der Waals surface area (Å²) >= 11 is 0. The lowest BCUT2D eigenvalue weighted by atomic mass is 10.0. The molecule has 94 valence electrons. The van der Waals surface area contributed by atoms with E-state index in [0.717, 1.165) is 25.7 Å². The number of rotatable bonds is 6. The van der Waals surface area contributed by atoms with Gasteiger partial charge < -0.3 is 10.5 Å². The quantitative estimate of drug-likeness (QED) is 0.356. The fraction of sp³-hybridized carbons (Fsp3) is 0.500. The van der Waals surface area contributed by atoms with Gasteiger partial charge >= 0.3 is 5.97 Å². The minimum absolute atomic E-state index is 0.0684. The monoisotopic (exact) mass is 235 g/mol. The Balaban J connectivity index is 2.46. The summed E-state index contributed by atoms with van der Waals surface area (Å²) in [5.41, 5.74) is 6.21. The number of carbonyl (C=O) groups excluding carboxylic acids is 1. The predicted molar refractivity (Wildman–Crippen MR) is 69.8 cm³/mol. The summed E-state index contributed by atoms with van der Waals surface area (Å²) in [6.07, 6.45) is 4.26. The normalized spacial score (nSPS) is 12.1. The first-order valence-electron chi connectivity index (χ1n) is 6.21. The lowest BCUT2D eigenvalue weighted by molar-refractivity contribution is -0.138. The van der Waals surface area contributed by atoms with Gasteiger partial charge in [0, 0.05) is 0 Å². The van der Waals surface area contributed by atoms with Crippen LogP contribution in [-0.2, 0) is 4.79 Å². The predicted octanol–water partition coefficient (Wildman–Crippen LogP) is 3.39. The van der Waals surface area contributed by atoms with Crippen molar-refractivity contribution >= 4 is 11.7 Å². The molecule has 1 aromatic carbocycles. The molecule has 0 heterocycles. The second-order valence-electron chi connectivity index (χ2n) is 4.36. The summed E-state index contributed by atoms with van der Waals surface area (Å²) in [6, 6.07) is 7.06. The zero-order valence-corrected chi connectivity index (χ0v) is 10.6. The van der Waals surface area contributed by atoms with Crippen LogP contribution in [-0.4, -0.2) is 5.97 Å². The molecule has 3 heteroatoms. The number of hydrogen-bond donors (Lipinski definition) is 1. The average Bonchev–Trinajstić information content (AvgIpc) is 2.32. The topological polar surface area (TPSA) is 52.3 Å². The molecular formula is C14H21NO2. The van der Waals surface area contributed by atoms with Gasteiger partial charge in [-0.3, -0.25) is 4.79 Å². The minimum Gasteiger partial charge on any atom is -0.424 e. The van der Waals surface area contributed by atoms with Crippen LogP contribution < -0.4 is 10.5 Å². The van der Waals surface area contributed by atoms with E-state index in [1.165, 1.54) is 0 Å². The summed E-state index contributed by atoms with van der Waals surface area (Å²) in [5.74, 6) is 0.194. The van der Waals surface area contributed by atoms with Gasteiger partial charge in [0.1, 0.15) is 0 Å². The van der Waals surface area contributed by atoms with E-state index in [1.807, 2.05) is 13.0 Å². The van der Waals surface area contributed by atoms with E-state index in [-0.39, 0.29) is 11.9 Å². The number of benzene rings is 1. The van der Waals surface area contributed by atoms with Crippen LogP contribution in [0.4, 0.5) is 5.69 Å². The zero-order valence-electron chi connectivity index (χ0n) is 10.6. The van der Waals surface area contributed by atoms with Crippen molar-refractivity contribution in [1.82, 2.24) is 0 Å². The van der Waals surface area contributed by atoms with Crippen LogP contribution in [0.25, 0.3) is 0 Å². The summed E-state index contributed by atoms with van der Waals surface area (Å²) < 4.78 is 5.27. The van der Waals surface area contributed by atoms with E-state index in [2.05, 4.69) is 6.92 Å². The van der Waals surface area contributed by atoms with Crippen LogP contribution in [0.15, 0.2) is 24.3 Å². The van der Waals surface area contributed by atoms with Gasteiger partial charge in [-0.2, -0.15) is 0 Å². The molecule has 0 saturated carbocycles. The van der Waals surface area contributed by atoms with Gasteiger partial charge in [0.15, 0.2) is 5.75 Å². The molecule has 0 fully saturated rings. The van der Waals surface area contributed by atoms with Gasteiger partial charge in [-0.05, 0) is 18.6 Å². The molecule has 0 amide bonds. The Bertz CT molecular complexity index is 363. The maximum absolute atomic E-state index is 11.8. The first kappa shape index (κ1) is 13.6. The van der Waals surface area contributed by atoms with Crippen LogP contribution in [0, 0.1) is 5.92 Å². The Labute approximate surface area is 103 Å². The summed E-state index contributed by atoms with van der Waals surface area (Å²) in [6.45, 7) is 4.05. The third kappa shape index (κ3) is 4.47. The fourth-order valence-electron chi connectivity index (χ4n) is 1.60. The highest BCUT2D eigenvalue weighted by molar-refractivity contribution is 5.76. The van der Waals surface area contributed by atoms with Crippen molar-refractivity contribution in [2.24, 2.45) is 5.92 Å². The highest BCUT2D eigenvalue weighted by atomic mass is 16.5. The Morgan fingerprint density at radius 3 is 2.71 bits per heavy atom. The smallest absolute Gasteiger partial charge is 0.314 e. The van der Waals surface area contributed by atoms with Gasteiger partial charge in [0.25, 0.3) is 0 Å². The lowest BCUT2D eigenvalue weighted by Crippen LogP contribution is -2.18. The number of nitrogen functional groups attached to an aromatic ring is 1. The van der Waals surface area contributed by atoms with E-state index in [0.29, 0.717) is 11.4 Å². The second kappa shape index (κ2) is 6.94. The standard InChI is InChI=1S/C14H21NO2/c1-3-4-5-8-11(2)14(16)17-13-10-7-6-9-12(13)15/h6-7,9-11H,3-5,8,15H2,1-2H3. The number of ether oxygens (including phenoxy) is 1. The summed E-state index contributed by atoms with van der Waals surface area (Å²) in [7, 11) is 0. The van der Waals surface area contributed by atoms with Crippen molar-refractivity contribution in [2.75, 3.05) is 5.73 Å². The number of nitrogens with two attached hydrogens (primary N) is 1. The largest absolute Gasteiger partial charge is 0.424 e. The van der Waals surface area contributed by atoms with E-state index in [4.69, 9.17) is 10.5 Å². The first-order valence-corrected chi connectivity index (χ1v) is 6.21. The van der Waals surface area contributed by atoms with E-state index >= 15 is 0 Å². The number of anilines is 1. The van der Waals surface area contributed by atoms with Gasteiger partial charge in [-0.1, -0.05) is 45.2 Å². The number of carbonyl (C=O) groups is 1. The molecule has 0 radical (unpaired) electrons. The van der Waals surface area contributed by atoms with E-state index in [9.17, 15) is 4.79 Å². The van der Waals surface area contributed by atoms with Crippen LogP contribution >= 0.6 is 0 Å². The zero-order chi connectivity index (χ0) is 12.7. The highest BCUT2D eigenvalue weighted by Gasteiger charge is 2.15. The average molecular weight is 235 g/mol. The Morgan fingerprint density at radius 2 is 2.06 bits per heavy atom. The van der Waals surface area contributed by atoms with Crippen LogP contribution in [0.5, 0.6) is 5.75 Å². The molecule has 0 spiro atoms. The SMILES string of the molecule is CCCCCC(C)C(=O)Oc1ccccc1N. The molecular weight excluding hydrogens is 214 g/mol. The number of hydrogen-bond acceptors (Lipinski definition) is 3. The third-order valence-corrected chi connectivity index (χ3v) is 2.77. The van der Waals surface area contributed by atoms with Crippen molar-refractivity contribution in [3.8, 4) is 5.75 Å². The Morgan fingerprint density at radius 1 is 1.35 bits per heavy atom. The molecule has 1 rings (SSSR count). The first-order chi connectivity index (χ1) is 8.15. The third-order valence-electron chi connectivity index (χ3n) is 2.77. The minimum atomic E-state index is -0.195. The van der Waals surface area contributed by atoms with Crippen LogP contribution in [0.3, 0.4) is 0 Å². The maximum Gasteiger partial charge on any atom is 0.314 e. The van der Waals surface area contributed by atoms with Crippen LogP contribution in [0.2, 0.25) is 0 Å². The number of esters is 1. The summed E-state index contributed by atoms with van der Waals surface area (Å²) in [4.78, 5) is 11.8. The molecule has 0 aliphatic carbocycles. The molecule has 1 unspecified atom stereocenters. The molecule has 0 saturated heterocycles. The van der Waals surface area contributed by atoms with Gasteiger partial charge in [-0.25, -0.2) is 0 Å². The van der Waals surface area contributed by atoms with Crippen molar-refractivity contribution in [3.63, 3.8) is 0 Å². The van der Waals surface area contributed by atoms with Crippen molar-refractivity contribution in [3.05, 3.63) is 24.3 Å². The molecule has 3 nitrogen and oxygen atoms in total. The molecule has 17 heavy (non-hydrogen) atoms. The van der Waals surface area contributed by atoms with E-state index < -0.39 is 0 Å². The van der Waals surface area contributed by atoms with Crippen molar-refractivity contribution < 1.29 is 9.53 Å². The fourth-order valence-corrected chi connectivity index (χ4v) is 1.60. The molecule has 0 aromatic heterocycles. The summed E-state index contributed by atoms with van der Waals surface area (Å²) in [5, 5.41) is 0. The van der Waals surface area contributed by atoms with Crippen molar-refractivity contribution in [1.29, 1.82) is 0 Å². The van der Waals surface area contributed by atoms with Gasteiger partial charge in [0.05, 0.1) is 11.6 Å². The molecule has 0 aliphatic rings. The molecule has 1 atom stereocenters. The van der Waals surface area contributed by atoms with Gasteiger partial charge in [-0.15, -0.1) is 0 Å². The molecule has 0 bridgehead atoms. The second-order valence-corrected chi connectivity index (χ2v) is 4.36.